The van der Waals surface area contributed by atoms with E-state index in [9.17, 15) is 4.79 Å². The topological polar surface area (TPSA) is 54.3 Å². The Hall–Kier alpha value is -2.07. The van der Waals surface area contributed by atoms with Crippen molar-refractivity contribution in [3.8, 4) is 0 Å². The summed E-state index contributed by atoms with van der Waals surface area (Å²) in [5.41, 5.74) is 1.03. The first-order chi connectivity index (χ1) is 10.7. The molecule has 3 rings (SSSR count). The van der Waals surface area contributed by atoms with Crippen LogP contribution >= 0.6 is 0 Å². The molecule has 1 amide bonds. The Morgan fingerprint density at radius 2 is 2.09 bits per heavy atom. The lowest BCUT2D eigenvalue weighted by Crippen LogP contribution is -2.43. The minimum absolute atomic E-state index is 0.0671. The Morgan fingerprint density at radius 3 is 2.77 bits per heavy atom. The summed E-state index contributed by atoms with van der Waals surface area (Å²) in [6, 6.07) is 13.9. The number of benzene rings is 1. The van der Waals surface area contributed by atoms with Crippen LogP contribution in [0, 0.1) is 5.92 Å². The summed E-state index contributed by atoms with van der Waals surface area (Å²) in [7, 11) is 0. The monoisotopic (exact) mass is 298 g/mol. The average molecular weight is 298 g/mol. The number of hydrogen-bond donors (Lipinski definition) is 2. The summed E-state index contributed by atoms with van der Waals surface area (Å²) in [6.07, 6.45) is 3.41. The summed E-state index contributed by atoms with van der Waals surface area (Å²) in [4.78, 5) is 12.6. The quantitative estimate of drug-likeness (QED) is 0.912. The van der Waals surface area contributed by atoms with Crippen molar-refractivity contribution in [1.82, 2.24) is 10.6 Å². The lowest BCUT2D eigenvalue weighted by Gasteiger charge is -2.28. The number of amides is 1. The Balaban J connectivity index is 1.77. The third-order valence-corrected chi connectivity index (χ3v) is 4.24. The summed E-state index contributed by atoms with van der Waals surface area (Å²) >= 11 is 0. The summed E-state index contributed by atoms with van der Waals surface area (Å²) < 4.78 is 5.53. The number of carbonyl (C=O) groups is 1. The van der Waals surface area contributed by atoms with Gasteiger partial charge in [-0.15, -0.1) is 0 Å². The Labute approximate surface area is 130 Å². The Kier molecular flexibility index (Phi) is 4.59. The van der Waals surface area contributed by atoms with Crippen LogP contribution in [0.15, 0.2) is 53.1 Å². The highest BCUT2D eigenvalue weighted by atomic mass is 16.3. The van der Waals surface area contributed by atoms with Crippen LogP contribution in [0.2, 0.25) is 0 Å². The van der Waals surface area contributed by atoms with E-state index in [1.54, 1.807) is 6.26 Å². The van der Waals surface area contributed by atoms with Crippen LogP contribution in [0.3, 0.4) is 0 Å². The molecule has 1 aromatic heterocycles. The molecule has 1 aliphatic rings. The van der Waals surface area contributed by atoms with Crippen molar-refractivity contribution in [3.05, 3.63) is 60.1 Å². The van der Waals surface area contributed by atoms with Crippen molar-refractivity contribution in [2.75, 3.05) is 6.54 Å². The van der Waals surface area contributed by atoms with E-state index in [1.165, 1.54) is 0 Å². The first kappa shape index (κ1) is 14.9. The predicted octanol–water partition coefficient (Wildman–Crippen LogP) is 2.87. The molecule has 1 aromatic carbocycles. The maximum atomic E-state index is 12.6. The van der Waals surface area contributed by atoms with Crippen molar-refractivity contribution < 1.29 is 9.21 Å². The van der Waals surface area contributed by atoms with Crippen molar-refractivity contribution >= 4 is 5.91 Å². The largest absolute Gasteiger partial charge is 0.467 e. The molecule has 0 aliphatic carbocycles. The molecule has 0 spiro atoms. The average Bonchev–Trinajstić information content (AvgIpc) is 3.07. The molecule has 0 saturated carbocycles. The fourth-order valence-corrected chi connectivity index (χ4v) is 3.05. The van der Waals surface area contributed by atoms with Gasteiger partial charge in [0, 0.05) is 12.0 Å². The fraction of sp³-hybridized carbons (Fsp3) is 0.389. The zero-order chi connectivity index (χ0) is 15.4. The number of rotatable bonds is 4. The van der Waals surface area contributed by atoms with Gasteiger partial charge < -0.3 is 15.1 Å². The molecule has 1 aliphatic heterocycles. The molecule has 2 N–H and O–H groups in total. The van der Waals surface area contributed by atoms with Crippen molar-refractivity contribution in [1.29, 1.82) is 0 Å². The lowest BCUT2D eigenvalue weighted by atomic mass is 9.92. The molecule has 0 bridgehead atoms. The molecule has 116 valence electrons. The number of piperidine rings is 1. The summed E-state index contributed by atoms with van der Waals surface area (Å²) in [5.74, 6) is 0.942. The van der Waals surface area contributed by atoms with Crippen LogP contribution in [0.4, 0.5) is 0 Å². The second-order valence-electron chi connectivity index (χ2n) is 5.94. The van der Waals surface area contributed by atoms with E-state index < -0.39 is 0 Å². The van der Waals surface area contributed by atoms with Gasteiger partial charge in [0.25, 0.3) is 0 Å². The van der Waals surface area contributed by atoms with Crippen molar-refractivity contribution in [3.63, 3.8) is 0 Å². The number of nitrogens with one attached hydrogen (secondary N) is 2. The van der Waals surface area contributed by atoms with Crippen molar-refractivity contribution in [2.45, 2.75) is 31.8 Å². The normalized spacial score (nSPS) is 23.0. The van der Waals surface area contributed by atoms with Gasteiger partial charge in [-0.25, -0.2) is 0 Å². The molecule has 2 heterocycles. The molecule has 2 aromatic rings. The van der Waals surface area contributed by atoms with Crippen LogP contribution in [-0.4, -0.2) is 18.5 Å². The van der Waals surface area contributed by atoms with Gasteiger partial charge in [-0.1, -0.05) is 30.3 Å². The molecule has 1 saturated heterocycles. The van der Waals surface area contributed by atoms with Gasteiger partial charge in [0.15, 0.2) is 0 Å². The zero-order valence-electron chi connectivity index (χ0n) is 12.8. The highest BCUT2D eigenvalue weighted by Crippen LogP contribution is 2.24. The van der Waals surface area contributed by atoms with Gasteiger partial charge in [0.1, 0.15) is 11.8 Å². The highest BCUT2D eigenvalue weighted by Gasteiger charge is 2.28. The lowest BCUT2D eigenvalue weighted by molar-refractivity contribution is -0.126. The van der Waals surface area contributed by atoms with Crippen LogP contribution < -0.4 is 10.6 Å². The van der Waals surface area contributed by atoms with Gasteiger partial charge in [-0.2, -0.15) is 0 Å². The summed E-state index contributed by atoms with van der Waals surface area (Å²) in [6.45, 7) is 3.02. The molecule has 0 radical (unpaired) electrons. The van der Waals surface area contributed by atoms with E-state index in [4.69, 9.17) is 4.42 Å². The van der Waals surface area contributed by atoms with Gasteiger partial charge >= 0.3 is 0 Å². The summed E-state index contributed by atoms with van der Waals surface area (Å²) in [5, 5.41) is 6.55. The van der Waals surface area contributed by atoms with Gasteiger partial charge in [-0.3, -0.25) is 4.79 Å². The SMILES string of the molecule is C[C@H]1C[C@@H](C(=O)NC(c2ccccc2)c2ccco2)CCN1. The molecule has 3 atom stereocenters. The third kappa shape index (κ3) is 3.39. The van der Waals surface area contributed by atoms with E-state index in [0.717, 1.165) is 30.7 Å². The van der Waals surface area contributed by atoms with E-state index in [0.29, 0.717) is 6.04 Å². The minimum Gasteiger partial charge on any atom is -0.467 e. The smallest absolute Gasteiger partial charge is 0.224 e. The van der Waals surface area contributed by atoms with E-state index in [-0.39, 0.29) is 17.9 Å². The first-order valence-corrected chi connectivity index (χ1v) is 7.86. The Bertz CT molecular complexity index is 595. The molecule has 1 fully saturated rings. The van der Waals surface area contributed by atoms with Gasteiger partial charge in [0.05, 0.1) is 6.26 Å². The molecule has 4 nitrogen and oxygen atoms in total. The van der Waals surface area contributed by atoms with E-state index in [1.807, 2.05) is 42.5 Å². The van der Waals surface area contributed by atoms with E-state index in [2.05, 4.69) is 17.6 Å². The third-order valence-electron chi connectivity index (χ3n) is 4.24. The van der Waals surface area contributed by atoms with Gasteiger partial charge in [-0.05, 0) is 44.0 Å². The zero-order valence-corrected chi connectivity index (χ0v) is 12.8. The highest BCUT2D eigenvalue weighted by molar-refractivity contribution is 5.79. The number of carbonyl (C=O) groups excluding carboxylic acids is 1. The maximum absolute atomic E-state index is 12.6. The predicted molar refractivity (Wildman–Crippen MR) is 85.3 cm³/mol. The second-order valence-corrected chi connectivity index (χ2v) is 5.94. The van der Waals surface area contributed by atoms with Crippen LogP contribution in [0.5, 0.6) is 0 Å². The molecule has 22 heavy (non-hydrogen) atoms. The van der Waals surface area contributed by atoms with E-state index >= 15 is 0 Å². The van der Waals surface area contributed by atoms with Crippen LogP contribution in [-0.2, 0) is 4.79 Å². The fourth-order valence-electron chi connectivity index (χ4n) is 3.05. The molecular weight excluding hydrogens is 276 g/mol. The Morgan fingerprint density at radius 1 is 1.27 bits per heavy atom. The second kappa shape index (κ2) is 6.79. The van der Waals surface area contributed by atoms with Gasteiger partial charge in [0.2, 0.25) is 5.91 Å². The standard InChI is InChI=1S/C18H22N2O2/c1-13-12-15(9-10-19-13)18(21)20-17(16-8-5-11-22-16)14-6-3-2-4-7-14/h2-8,11,13,15,17,19H,9-10,12H2,1H3,(H,20,21)/t13-,15-,17?/m0/s1. The number of hydrogen-bond acceptors (Lipinski definition) is 3. The molecular formula is C18H22N2O2. The molecule has 1 unspecified atom stereocenters. The van der Waals surface area contributed by atoms with Crippen LogP contribution in [0.25, 0.3) is 0 Å². The van der Waals surface area contributed by atoms with Crippen LogP contribution in [0.1, 0.15) is 37.1 Å². The first-order valence-electron chi connectivity index (χ1n) is 7.86. The number of furan rings is 1. The maximum Gasteiger partial charge on any atom is 0.224 e. The van der Waals surface area contributed by atoms with Crippen molar-refractivity contribution in [2.24, 2.45) is 5.92 Å². The minimum atomic E-state index is -0.228. The molecule has 4 heteroatoms.